The van der Waals surface area contributed by atoms with E-state index in [4.69, 9.17) is 9.47 Å². The number of carbonyl (C=O) groups excluding carboxylic acids is 2. The standard InChI is InChI=1S/C22H25FN2O4/c1-14-6-8-15(9-7-14)22(27)25-10-4-5-16(13-25)21(26)24-18-12-20(29-3)19(28-2)11-17(18)23/h6-9,11-12,16H,4-5,10,13H2,1-3H3,(H,24,26). The van der Waals surface area contributed by atoms with Crippen LogP contribution in [0.5, 0.6) is 11.5 Å². The zero-order valence-corrected chi connectivity index (χ0v) is 16.8. The maximum atomic E-state index is 14.3. The maximum absolute atomic E-state index is 14.3. The number of methoxy groups -OCH3 is 2. The van der Waals surface area contributed by atoms with E-state index in [2.05, 4.69) is 5.32 Å². The first kappa shape index (κ1) is 20.6. The average Bonchev–Trinajstić information content (AvgIpc) is 2.74. The summed E-state index contributed by atoms with van der Waals surface area (Å²) in [7, 11) is 2.86. The normalized spacial score (nSPS) is 16.3. The summed E-state index contributed by atoms with van der Waals surface area (Å²) in [4.78, 5) is 27.2. The van der Waals surface area contributed by atoms with Crippen molar-refractivity contribution in [1.29, 1.82) is 0 Å². The molecule has 0 radical (unpaired) electrons. The van der Waals surface area contributed by atoms with Gasteiger partial charge >= 0.3 is 0 Å². The Labute approximate surface area is 169 Å². The summed E-state index contributed by atoms with van der Waals surface area (Å²) < 4.78 is 24.6. The number of amides is 2. The first-order valence-corrected chi connectivity index (χ1v) is 9.51. The highest BCUT2D eigenvalue weighted by Gasteiger charge is 2.29. The van der Waals surface area contributed by atoms with Gasteiger partial charge in [-0.3, -0.25) is 9.59 Å². The molecule has 0 aromatic heterocycles. The Kier molecular flexibility index (Phi) is 6.36. The van der Waals surface area contributed by atoms with Gasteiger partial charge in [-0.05, 0) is 31.9 Å². The van der Waals surface area contributed by atoms with Crippen LogP contribution in [0.1, 0.15) is 28.8 Å². The molecule has 1 saturated heterocycles. The SMILES string of the molecule is COc1cc(F)c(NC(=O)C2CCCN(C(=O)c3ccc(C)cc3)C2)cc1OC. The monoisotopic (exact) mass is 400 g/mol. The molecule has 0 spiro atoms. The van der Waals surface area contributed by atoms with Gasteiger partial charge in [-0.1, -0.05) is 17.7 Å². The summed E-state index contributed by atoms with van der Waals surface area (Å²) in [6.07, 6.45) is 1.35. The number of likely N-dealkylation sites (tertiary alicyclic amines) is 1. The van der Waals surface area contributed by atoms with Crippen molar-refractivity contribution in [2.75, 3.05) is 32.6 Å². The summed E-state index contributed by atoms with van der Waals surface area (Å²) >= 11 is 0. The van der Waals surface area contributed by atoms with Gasteiger partial charge < -0.3 is 19.7 Å². The Hall–Kier alpha value is -3.09. The fourth-order valence-corrected chi connectivity index (χ4v) is 3.44. The second kappa shape index (κ2) is 8.94. The zero-order valence-electron chi connectivity index (χ0n) is 16.8. The fraction of sp³-hybridized carbons (Fsp3) is 0.364. The summed E-state index contributed by atoms with van der Waals surface area (Å²) in [5, 5.41) is 2.63. The molecule has 1 aliphatic rings. The second-order valence-corrected chi connectivity index (χ2v) is 7.13. The maximum Gasteiger partial charge on any atom is 0.253 e. The van der Waals surface area contributed by atoms with Crippen LogP contribution in [-0.2, 0) is 4.79 Å². The molecule has 2 aromatic carbocycles. The Morgan fingerprint density at radius 1 is 1.10 bits per heavy atom. The fourth-order valence-electron chi connectivity index (χ4n) is 3.44. The molecule has 154 valence electrons. The molecule has 1 heterocycles. The van der Waals surface area contributed by atoms with Crippen molar-refractivity contribution in [3.8, 4) is 11.5 Å². The molecular weight excluding hydrogens is 375 g/mol. The number of nitrogens with zero attached hydrogens (tertiary/aromatic N) is 1. The van der Waals surface area contributed by atoms with E-state index in [1.807, 2.05) is 19.1 Å². The lowest BCUT2D eigenvalue weighted by atomic mass is 9.96. The Morgan fingerprint density at radius 2 is 1.76 bits per heavy atom. The molecule has 1 atom stereocenters. The molecule has 7 heteroatoms. The molecule has 29 heavy (non-hydrogen) atoms. The average molecular weight is 400 g/mol. The Bertz CT molecular complexity index is 898. The van der Waals surface area contributed by atoms with Crippen molar-refractivity contribution >= 4 is 17.5 Å². The van der Waals surface area contributed by atoms with Crippen LogP contribution in [-0.4, -0.2) is 44.0 Å². The lowest BCUT2D eigenvalue weighted by Gasteiger charge is -2.32. The number of halogens is 1. The van der Waals surface area contributed by atoms with E-state index in [0.29, 0.717) is 37.2 Å². The van der Waals surface area contributed by atoms with Crippen LogP contribution in [0.2, 0.25) is 0 Å². The van der Waals surface area contributed by atoms with Gasteiger partial charge in [0.1, 0.15) is 0 Å². The van der Waals surface area contributed by atoms with Gasteiger partial charge in [-0.15, -0.1) is 0 Å². The minimum atomic E-state index is -0.612. The second-order valence-electron chi connectivity index (χ2n) is 7.13. The molecule has 1 aliphatic heterocycles. The van der Waals surface area contributed by atoms with Gasteiger partial charge in [0.2, 0.25) is 5.91 Å². The Balaban J connectivity index is 1.70. The molecule has 2 aromatic rings. The first-order valence-electron chi connectivity index (χ1n) is 9.51. The Morgan fingerprint density at radius 3 is 2.41 bits per heavy atom. The van der Waals surface area contributed by atoms with E-state index in [1.165, 1.54) is 26.4 Å². The number of carbonyl (C=O) groups is 2. The highest BCUT2D eigenvalue weighted by molar-refractivity contribution is 5.96. The lowest BCUT2D eigenvalue weighted by molar-refractivity contribution is -0.121. The van der Waals surface area contributed by atoms with Crippen LogP contribution >= 0.6 is 0 Å². The lowest BCUT2D eigenvalue weighted by Crippen LogP contribution is -2.43. The van der Waals surface area contributed by atoms with E-state index >= 15 is 0 Å². The number of aryl methyl sites for hydroxylation is 1. The van der Waals surface area contributed by atoms with Crippen molar-refractivity contribution in [3.63, 3.8) is 0 Å². The molecular formula is C22H25FN2O4. The number of anilines is 1. The van der Waals surface area contributed by atoms with Crippen LogP contribution in [0, 0.1) is 18.7 Å². The third-order valence-electron chi connectivity index (χ3n) is 5.11. The van der Waals surface area contributed by atoms with Crippen LogP contribution in [0.15, 0.2) is 36.4 Å². The van der Waals surface area contributed by atoms with Crippen LogP contribution in [0.3, 0.4) is 0 Å². The van der Waals surface area contributed by atoms with Crippen LogP contribution in [0.25, 0.3) is 0 Å². The molecule has 3 rings (SSSR count). The van der Waals surface area contributed by atoms with Crippen LogP contribution in [0.4, 0.5) is 10.1 Å². The molecule has 0 saturated carbocycles. The van der Waals surface area contributed by atoms with E-state index in [0.717, 1.165) is 5.56 Å². The predicted molar refractivity (Wildman–Crippen MR) is 108 cm³/mol. The van der Waals surface area contributed by atoms with Crippen molar-refractivity contribution in [3.05, 3.63) is 53.3 Å². The number of piperidine rings is 1. The van der Waals surface area contributed by atoms with E-state index in [1.54, 1.807) is 17.0 Å². The zero-order chi connectivity index (χ0) is 21.0. The van der Waals surface area contributed by atoms with Crippen molar-refractivity contribution < 1.29 is 23.5 Å². The van der Waals surface area contributed by atoms with Crippen molar-refractivity contribution in [2.45, 2.75) is 19.8 Å². The number of hydrogen-bond donors (Lipinski definition) is 1. The third kappa shape index (κ3) is 4.67. The summed E-state index contributed by atoms with van der Waals surface area (Å²) in [5.74, 6) is -0.873. The summed E-state index contributed by atoms with van der Waals surface area (Å²) in [5.41, 5.74) is 1.70. The van der Waals surface area contributed by atoms with Crippen molar-refractivity contribution in [2.24, 2.45) is 5.92 Å². The largest absolute Gasteiger partial charge is 0.493 e. The minimum absolute atomic E-state index is 0.0228. The van der Waals surface area contributed by atoms with Gasteiger partial charge in [0.05, 0.1) is 25.8 Å². The van der Waals surface area contributed by atoms with Crippen LogP contribution < -0.4 is 14.8 Å². The number of nitrogens with one attached hydrogen (secondary N) is 1. The highest BCUT2D eigenvalue weighted by atomic mass is 19.1. The van der Waals surface area contributed by atoms with Gasteiger partial charge in [-0.2, -0.15) is 0 Å². The minimum Gasteiger partial charge on any atom is -0.493 e. The van der Waals surface area contributed by atoms with Gasteiger partial charge in [0.15, 0.2) is 17.3 Å². The first-order chi connectivity index (χ1) is 13.9. The van der Waals surface area contributed by atoms with E-state index in [9.17, 15) is 14.0 Å². The summed E-state index contributed by atoms with van der Waals surface area (Å²) in [6.45, 7) is 2.86. The van der Waals surface area contributed by atoms with Gasteiger partial charge in [0, 0.05) is 30.8 Å². The highest BCUT2D eigenvalue weighted by Crippen LogP contribution is 2.33. The number of ether oxygens (including phenoxy) is 2. The summed E-state index contributed by atoms with van der Waals surface area (Å²) in [6, 6.07) is 9.93. The number of rotatable bonds is 5. The predicted octanol–water partition coefficient (Wildman–Crippen LogP) is 3.64. The van der Waals surface area contributed by atoms with Crippen molar-refractivity contribution in [1.82, 2.24) is 4.90 Å². The molecule has 0 aliphatic carbocycles. The number of benzene rings is 2. The third-order valence-corrected chi connectivity index (χ3v) is 5.11. The number of hydrogen-bond acceptors (Lipinski definition) is 4. The van der Waals surface area contributed by atoms with Gasteiger partial charge in [0.25, 0.3) is 5.91 Å². The topological polar surface area (TPSA) is 67.9 Å². The smallest absolute Gasteiger partial charge is 0.253 e. The van der Waals surface area contributed by atoms with E-state index in [-0.39, 0.29) is 23.3 Å². The molecule has 1 N–H and O–H groups in total. The quantitative estimate of drug-likeness (QED) is 0.832. The molecule has 6 nitrogen and oxygen atoms in total. The molecule has 2 amide bonds. The van der Waals surface area contributed by atoms with E-state index < -0.39 is 11.7 Å². The van der Waals surface area contributed by atoms with Gasteiger partial charge in [-0.25, -0.2) is 4.39 Å². The molecule has 1 fully saturated rings. The molecule has 0 bridgehead atoms. The molecule has 1 unspecified atom stereocenters.